The number of hydrogen-bond donors (Lipinski definition) is 0. The van der Waals surface area contributed by atoms with Crippen LogP contribution < -0.4 is 4.74 Å². The van der Waals surface area contributed by atoms with Crippen LogP contribution in [0.5, 0.6) is 5.75 Å². The molecule has 0 radical (unpaired) electrons. The topological polar surface area (TPSA) is 35.5 Å². The fraction of sp³-hybridized carbons (Fsp3) is 0.500. The van der Waals surface area contributed by atoms with Crippen LogP contribution in [0.15, 0.2) is 24.3 Å². The Labute approximate surface area is 103 Å². The lowest BCUT2D eigenvalue weighted by Crippen LogP contribution is -2.19. The Kier molecular flexibility index (Phi) is 6.33. The fourth-order valence-electron chi connectivity index (χ4n) is 1.42. The lowest BCUT2D eigenvalue weighted by molar-refractivity contribution is 0.0571. The van der Waals surface area contributed by atoms with Gasteiger partial charge in [-0.25, -0.2) is 0 Å². The van der Waals surface area contributed by atoms with E-state index in [2.05, 4.69) is 6.92 Å². The summed E-state index contributed by atoms with van der Waals surface area (Å²) in [4.78, 5) is 10.6. The summed E-state index contributed by atoms with van der Waals surface area (Å²) in [7, 11) is 0. The van der Waals surface area contributed by atoms with Crippen LogP contribution in [0, 0.1) is 0 Å². The van der Waals surface area contributed by atoms with E-state index >= 15 is 0 Å². The molecule has 0 spiro atoms. The van der Waals surface area contributed by atoms with Gasteiger partial charge in [-0.3, -0.25) is 4.79 Å². The van der Waals surface area contributed by atoms with Crippen LogP contribution in [0.25, 0.3) is 0 Å². The van der Waals surface area contributed by atoms with E-state index in [-0.39, 0.29) is 6.10 Å². The molecule has 1 atom stereocenters. The van der Waals surface area contributed by atoms with Crippen molar-refractivity contribution in [2.45, 2.75) is 32.8 Å². The monoisotopic (exact) mass is 236 g/mol. The first-order valence-electron chi connectivity index (χ1n) is 6.06. The van der Waals surface area contributed by atoms with Gasteiger partial charge in [0.2, 0.25) is 0 Å². The highest BCUT2D eigenvalue weighted by molar-refractivity contribution is 5.75. The summed E-state index contributed by atoms with van der Waals surface area (Å²) < 4.78 is 11.1. The van der Waals surface area contributed by atoms with Gasteiger partial charge in [0.25, 0.3) is 0 Å². The quantitative estimate of drug-likeness (QED) is 0.514. The minimum absolute atomic E-state index is 0.00578. The van der Waals surface area contributed by atoms with E-state index in [4.69, 9.17) is 9.47 Å². The Balaban J connectivity index is 2.33. The van der Waals surface area contributed by atoms with Crippen molar-refractivity contribution >= 4 is 6.29 Å². The van der Waals surface area contributed by atoms with Crippen molar-refractivity contribution < 1.29 is 14.3 Å². The first-order chi connectivity index (χ1) is 8.26. The van der Waals surface area contributed by atoms with Gasteiger partial charge in [-0.15, -0.1) is 0 Å². The summed E-state index contributed by atoms with van der Waals surface area (Å²) in [6.07, 6.45) is 3.02. The Morgan fingerprint density at radius 2 is 2.24 bits per heavy atom. The second-order valence-electron chi connectivity index (χ2n) is 4.05. The van der Waals surface area contributed by atoms with E-state index in [0.29, 0.717) is 17.9 Å². The Hall–Kier alpha value is -1.35. The maximum absolute atomic E-state index is 10.6. The second-order valence-corrected chi connectivity index (χ2v) is 4.05. The molecule has 1 aromatic rings. The highest BCUT2D eigenvalue weighted by atomic mass is 16.5. The van der Waals surface area contributed by atoms with E-state index in [1.165, 1.54) is 0 Å². The maximum atomic E-state index is 10.6. The van der Waals surface area contributed by atoms with Gasteiger partial charge in [0.15, 0.2) is 0 Å². The molecule has 0 heterocycles. The van der Waals surface area contributed by atoms with Gasteiger partial charge in [-0.1, -0.05) is 25.5 Å². The summed E-state index contributed by atoms with van der Waals surface area (Å²) in [5.74, 6) is 0.709. The van der Waals surface area contributed by atoms with Gasteiger partial charge in [-0.2, -0.15) is 0 Å². The van der Waals surface area contributed by atoms with Crippen LogP contribution in [0.3, 0.4) is 0 Å². The van der Waals surface area contributed by atoms with E-state index < -0.39 is 0 Å². The van der Waals surface area contributed by atoms with E-state index in [9.17, 15) is 4.79 Å². The predicted molar refractivity (Wildman–Crippen MR) is 67.6 cm³/mol. The summed E-state index contributed by atoms with van der Waals surface area (Å²) in [6.45, 7) is 5.44. The van der Waals surface area contributed by atoms with Gasteiger partial charge in [0, 0.05) is 12.2 Å². The number of unbranched alkanes of at least 4 members (excludes halogenated alkanes) is 1. The molecule has 94 valence electrons. The molecule has 0 saturated carbocycles. The van der Waals surface area contributed by atoms with E-state index in [0.717, 1.165) is 25.7 Å². The molecule has 0 amide bonds. The highest BCUT2D eigenvalue weighted by Gasteiger charge is 2.04. The van der Waals surface area contributed by atoms with Gasteiger partial charge in [-0.05, 0) is 25.5 Å². The van der Waals surface area contributed by atoms with E-state index in [1.807, 2.05) is 19.1 Å². The molecule has 0 aromatic heterocycles. The maximum Gasteiger partial charge on any atom is 0.150 e. The Bertz CT molecular complexity index is 336. The molecule has 17 heavy (non-hydrogen) atoms. The van der Waals surface area contributed by atoms with Crippen LogP contribution in [-0.2, 0) is 4.74 Å². The van der Waals surface area contributed by atoms with Crippen LogP contribution in [0.4, 0.5) is 0 Å². The average Bonchev–Trinajstić information content (AvgIpc) is 2.35. The molecule has 3 heteroatoms. The van der Waals surface area contributed by atoms with Gasteiger partial charge in [0.1, 0.15) is 18.1 Å². The van der Waals surface area contributed by atoms with Crippen molar-refractivity contribution in [3.8, 4) is 5.75 Å². The highest BCUT2D eigenvalue weighted by Crippen LogP contribution is 2.13. The number of ether oxygens (including phenoxy) is 2. The Morgan fingerprint density at radius 1 is 1.41 bits per heavy atom. The largest absolute Gasteiger partial charge is 0.488 e. The van der Waals surface area contributed by atoms with Crippen molar-refractivity contribution in [2.24, 2.45) is 0 Å². The predicted octanol–water partition coefficient (Wildman–Crippen LogP) is 3.08. The molecule has 0 saturated heterocycles. The minimum Gasteiger partial charge on any atom is -0.488 e. The second kappa shape index (κ2) is 7.85. The molecule has 0 aliphatic rings. The number of carbonyl (C=O) groups is 1. The molecular formula is C14H20O3. The zero-order valence-electron chi connectivity index (χ0n) is 10.5. The normalized spacial score (nSPS) is 12.1. The summed E-state index contributed by atoms with van der Waals surface area (Å²) in [5, 5.41) is 0. The third-order valence-corrected chi connectivity index (χ3v) is 2.33. The lowest BCUT2D eigenvalue weighted by Gasteiger charge is -2.15. The number of carbonyl (C=O) groups excluding carboxylic acids is 1. The van der Waals surface area contributed by atoms with Crippen LogP contribution in [0.1, 0.15) is 37.0 Å². The van der Waals surface area contributed by atoms with Crippen LogP contribution in [-0.4, -0.2) is 25.6 Å². The first-order valence-corrected chi connectivity index (χ1v) is 6.06. The zero-order chi connectivity index (χ0) is 12.5. The van der Waals surface area contributed by atoms with Crippen LogP contribution >= 0.6 is 0 Å². The molecule has 0 fully saturated rings. The molecule has 1 rings (SSSR count). The zero-order valence-corrected chi connectivity index (χ0v) is 10.5. The Morgan fingerprint density at radius 3 is 2.94 bits per heavy atom. The summed E-state index contributed by atoms with van der Waals surface area (Å²) in [5.41, 5.74) is 0.626. The van der Waals surface area contributed by atoms with Crippen molar-refractivity contribution in [3.63, 3.8) is 0 Å². The first kappa shape index (κ1) is 13.7. The molecular weight excluding hydrogens is 216 g/mol. The summed E-state index contributed by atoms with van der Waals surface area (Å²) >= 11 is 0. The minimum atomic E-state index is -0.00578. The van der Waals surface area contributed by atoms with Gasteiger partial charge in [0.05, 0.1) is 6.61 Å². The number of hydrogen-bond acceptors (Lipinski definition) is 3. The van der Waals surface area contributed by atoms with Gasteiger partial charge >= 0.3 is 0 Å². The number of aldehydes is 1. The third kappa shape index (κ3) is 5.50. The number of rotatable bonds is 8. The van der Waals surface area contributed by atoms with Crippen LogP contribution in [0.2, 0.25) is 0 Å². The molecule has 0 N–H and O–H groups in total. The van der Waals surface area contributed by atoms with Crippen molar-refractivity contribution in [1.82, 2.24) is 0 Å². The lowest BCUT2D eigenvalue weighted by atomic mass is 10.2. The third-order valence-electron chi connectivity index (χ3n) is 2.33. The SMILES string of the molecule is CCCCOCC(C)Oc1cccc(C=O)c1. The molecule has 1 unspecified atom stereocenters. The molecule has 0 bridgehead atoms. The number of benzene rings is 1. The fourth-order valence-corrected chi connectivity index (χ4v) is 1.42. The van der Waals surface area contributed by atoms with Crippen molar-refractivity contribution in [3.05, 3.63) is 29.8 Å². The molecule has 1 aromatic carbocycles. The van der Waals surface area contributed by atoms with Crippen molar-refractivity contribution in [1.29, 1.82) is 0 Å². The summed E-state index contributed by atoms with van der Waals surface area (Å²) in [6, 6.07) is 7.14. The average molecular weight is 236 g/mol. The molecule has 0 aliphatic carbocycles. The van der Waals surface area contributed by atoms with Gasteiger partial charge < -0.3 is 9.47 Å². The standard InChI is InChI=1S/C14H20O3/c1-3-4-8-16-11-12(2)17-14-7-5-6-13(9-14)10-15/h5-7,9-10,12H,3-4,8,11H2,1-2H3. The molecule has 3 nitrogen and oxygen atoms in total. The smallest absolute Gasteiger partial charge is 0.150 e. The van der Waals surface area contributed by atoms with E-state index in [1.54, 1.807) is 12.1 Å². The van der Waals surface area contributed by atoms with Crippen molar-refractivity contribution in [2.75, 3.05) is 13.2 Å². The molecule has 0 aliphatic heterocycles.